The van der Waals surface area contributed by atoms with Crippen LogP contribution >= 0.6 is 11.6 Å². The van der Waals surface area contributed by atoms with Crippen molar-refractivity contribution in [2.75, 3.05) is 17.3 Å². The standard InChI is InChI=1S/C27H20ClN3O6/c1-14(32)30-17-6-5-7-18(13-17)31-23(19-8-3-4-9-29-19)22(25(34)27(31)35)24(33)20-11-15-10-16(28)12-21(36-2)26(15)37-20/h3-13,23,34H,1-2H3,(H,30,32). The summed E-state index contributed by atoms with van der Waals surface area (Å²) in [6.07, 6.45) is 1.53. The normalized spacial score (nSPS) is 15.4. The Hall–Kier alpha value is -4.63. The third-order valence-corrected chi connectivity index (χ3v) is 6.07. The van der Waals surface area contributed by atoms with Crippen LogP contribution in [0.4, 0.5) is 11.4 Å². The number of carbonyl (C=O) groups excluding carboxylic acids is 3. The van der Waals surface area contributed by atoms with E-state index in [1.807, 2.05) is 0 Å². The number of furan rings is 1. The number of benzene rings is 2. The number of hydrogen-bond acceptors (Lipinski definition) is 7. The molecule has 0 fully saturated rings. The van der Waals surface area contributed by atoms with Gasteiger partial charge in [0, 0.05) is 41.0 Å². The summed E-state index contributed by atoms with van der Waals surface area (Å²) in [7, 11) is 1.45. The van der Waals surface area contributed by atoms with E-state index in [1.165, 1.54) is 31.2 Å². The summed E-state index contributed by atoms with van der Waals surface area (Å²) in [4.78, 5) is 44.3. The quantitative estimate of drug-likeness (QED) is 0.336. The number of fused-ring (bicyclic) bond motifs is 1. The van der Waals surface area contributed by atoms with Crippen LogP contribution in [0.25, 0.3) is 11.0 Å². The van der Waals surface area contributed by atoms with Crippen molar-refractivity contribution in [1.82, 2.24) is 4.98 Å². The Morgan fingerprint density at radius 1 is 1.14 bits per heavy atom. The Kier molecular flexibility index (Phi) is 6.14. The number of methoxy groups -OCH3 is 1. The lowest BCUT2D eigenvalue weighted by Crippen LogP contribution is -2.31. The molecular formula is C27H20ClN3O6. The van der Waals surface area contributed by atoms with Crippen LogP contribution in [0.3, 0.4) is 0 Å². The van der Waals surface area contributed by atoms with Crippen molar-refractivity contribution in [3.63, 3.8) is 0 Å². The Morgan fingerprint density at radius 3 is 2.65 bits per heavy atom. The van der Waals surface area contributed by atoms with Crippen LogP contribution in [0.1, 0.15) is 29.2 Å². The molecule has 0 saturated heterocycles. The highest BCUT2D eigenvalue weighted by Gasteiger charge is 2.46. The second-order valence-electron chi connectivity index (χ2n) is 8.29. The van der Waals surface area contributed by atoms with Crippen molar-refractivity contribution in [1.29, 1.82) is 0 Å². The van der Waals surface area contributed by atoms with Gasteiger partial charge in [-0.1, -0.05) is 23.7 Å². The largest absolute Gasteiger partial charge is 0.503 e. The number of aliphatic hydroxyl groups excluding tert-OH is 1. The van der Waals surface area contributed by atoms with Gasteiger partial charge in [0.15, 0.2) is 22.9 Å². The summed E-state index contributed by atoms with van der Waals surface area (Å²) < 4.78 is 11.1. The highest BCUT2D eigenvalue weighted by Crippen LogP contribution is 2.42. The number of ketones is 1. The van der Waals surface area contributed by atoms with Gasteiger partial charge in [0.2, 0.25) is 11.7 Å². The van der Waals surface area contributed by atoms with Gasteiger partial charge in [0.05, 0.1) is 18.4 Å². The fourth-order valence-electron chi connectivity index (χ4n) is 4.34. The Labute approximate surface area is 215 Å². The number of halogens is 1. The molecule has 0 saturated carbocycles. The van der Waals surface area contributed by atoms with Gasteiger partial charge in [-0.3, -0.25) is 24.3 Å². The molecule has 186 valence electrons. The summed E-state index contributed by atoms with van der Waals surface area (Å²) in [6.45, 7) is 1.37. The minimum atomic E-state index is -1.06. The zero-order valence-electron chi connectivity index (χ0n) is 19.7. The van der Waals surface area contributed by atoms with E-state index in [-0.39, 0.29) is 17.2 Å². The summed E-state index contributed by atoms with van der Waals surface area (Å²) in [5, 5.41) is 14.5. The number of pyridine rings is 1. The lowest BCUT2D eigenvalue weighted by Gasteiger charge is -2.26. The van der Waals surface area contributed by atoms with E-state index in [9.17, 15) is 19.5 Å². The van der Waals surface area contributed by atoms with Crippen molar-refractivity contribution in [3.8, 4) is 5.75 Å². The number of aromatic nitrogens is 1. The molecule has 2 amide bonds. The fraction of sp³-hybridized carbons (Fsp3) is 0.111. The van der Waals surface area contributed by atoms with Crippen LogP contribution in [0, 0.1) is 0 Å². The van der Waals surface area contributed by atoms with Crippen LogP contribution < -0.4 is 15.0 Å². The highest BCUT2D eigenvalue weighted by atomic mass is 35.5. The van der Waals surface area contributed by atoms with Crippen molar-refractivity contribution in [2.24, 2.45) is 0 Å². The van der Waals surface area contributed by atoms with Gasteiger partial charge in [-0.05, 0) is 42.5 Å². The van der Waals surface area contributed by atoms with Crippen molar-refractivity contribution in [3.05, 3.63) is 94.7 Å². The average molecular weight is 518 g/mol. The number of carbonyl (C=O) groups is 3. The smallest absolute Gasteiger partial charge is 0.294 e. The molecule has 9 nitrogen and oxygen atoms in total. The first-order chi connectivity index (χ1) is 17.8. The van der Waals surface area contributed by atoms with E-state index >= 15 is 0 Å². The molecule has 3 heterocycles. The van der Waals surface area contributed by atoms with E-state index < -0.39 is 23.5 Å². The molecule has 4 aromatic rings. The van der Waals surface area contributed by atoms with Crippen LogP contribution in [0.2, 0.25) is 5.02 Å². The van der Waals surface area contributed by atoms with Crippen LogP contribution in [-0.2, 0) is 9.59 Å². The van der Waals surface area contributed by atoms with E-state index in [0.29, 0.717) is 38.8 Å². The topological polar surface area (TPSA) is 122 Å². The molecule has 1 aliphatic rings. The molecule has 2 aromatic heterocycles. The zero-order chi connectivity index (χ0) is 26.3. The molecule has 0 aliphatic carbocycles. The van der Waals surface area contributed by atoms with Crippen molar-refractivity contribution >= 4 is 51.5 Å². The van der Waals surface area contributed by atoms with Crippen molar-refractivity contribution in [2.45, 2.75) is 13.0 Å². The molecular weight excluding hydrogens is 498 g/mol. The maximum atomic E-state index is 13.8. The number of hydrogen-bond donors (Lipinski definition) is 2. The van der Waals surface area contributed by atoms with Gasteiger partial charge in [0.1, 0.15) is 6.04 Å². The molecule has 1 aliphatic heterocycles. The molecule has 1 unspecified atom stereocenters. The van der Waals surface area contributed by atoms with Gasteiger partial charge in [-0.2, -0.15) is 0 Å². The summed E-state index contributed by atoms with van der Waals surface area (Å²) in [5.41, 5.74) is 1.24. The minimum Gasteiger partial charge on any atom is -0.503 e. The van der Waals surface area contributed by atoms with Crippen LogP contribution in [0.15, 0.2) is 82.6 Å². The molecule has 2 N–H and O–H groups in total. The number of nitrogens with one attached hydrogen (secondary N) is 1. The van der Waals surface area contributed by atoms with Crippen LogP contribution in [-0.4, -0.2) is 34.8 Å². The molecule has 1 atom stereocenters. The van der Waals surface area contributed by atoms with E-state index in [1.54, 1.807) is 54.6 Å². The lowest BCUT2D eigenvalue weighted by molar-refractivity contribution is -0.117. The first-order valence-corrected chi connectivity index (χ1v) is 11.5. The molecule has 37 heavy (non-hydrogen) atoms. The second kappa shape index (κ2) is 9.44. The second-order valence-corrected chi connectivity index (χ2v) is 8.73. The Balaban J connectivity index is 1.64. The van der Waals surface area contributed by atoms with Gasteiger partial charge < -0.3 is 19.6 Å². The maximum absolute atomic E-state index is 13.8. The van der Waals surface area contributed by atoms with E-state index in [4.69, 9.17) is 20.8 Å². The number of ether oxygens (including phenoxy) is 1. The minimum absolute atomic E-state index is 0.111. The predicted octanol–water partition coefficient (Wildman–Crippen LogP) is 5.23. The highest BCUT2D eigenvalue weighted by molar-refractivity contribution is 6.31. The third-order valence-electron chi connectivity index (χ3n) is 5.86. The van der Waals surface area contributed by atoms with Crippen LogP contribution in [0.5, 0.6) is 5.75 Å². The summed E-state index contributed by atoms with van der Waals surface area (Å²) in [6, 6.07) is 15.2. The molecule has 0 radical (unpaired) electrons. The number of anilines is 2. The maximum Gasteiger partial charge on any atom is 0.294 e. The molecule has 10 heteroatoms. The molecule has 0 spiro atoms. The van der Waals surface area contributed by atoms with Gasteiger partial charge in [-0.25, -0.2) is 0 Å². The molecule has 2 aromatic carbocycles. The first-order valence-electron chi connectivity index (χ1n) is 11.2. The first kappa shape index (κ1) is 24.1. The Bertz CT molecular complexity index is 1590. The monoisotopic (exact) mass is 517 g/mol. The average Bonchev–Trinajstić information content (AvgIpc) is 3.42. The number of nitrogens with zero attached hydrogens (tertiary/aromatic N) is 2. The number of Topliss-reactive ketones (excluding diaryl/α,β-unsaturated/α-hetero) is 1. The van der Waals surface area contributed by atoms with Gasteiger partial charge >= 0.3 is 0 Å². The lowest BCUT2D eigenvalue weighted by atomic mass is 9.98. The van der Waals surface area contributed by atoms with Crippen molar-refractivity contribution < 1.29 is 28.6 Å². The van der Waals surface area contributed by atoms with E-state index in [0.717, 1.165) is 0 Å². The number of amides is 2. The van der Waals surface area contributed by atoms with Gasteiger partial charge in [-0.15, -0.1) is 0 Å². The summed E-state index contributed by atoms with van der Waals surface area (Å²) >= 11 is 6.15. The predicted molar refractivity (Wildman–Crippen MR) is 137 cm³/mol. The molecule has 0 bridgehead atoms. The Morgan fingerprint density at radius 2 is 1.95 bits per heavy atom. The summed E-state index contributed by atoms with van der Waals surface area (Å²) in [5.74, 6) is -2.29. The number of rotatable bonds is 6. The van der Waals surface area contributed by atoms with Gasteiger partial charge in [0.25, 0.3) is 5.91 Å². The zero-order valence-corrected chi connectivity index (χ0v) is 20.4. The van der Waals surface area contributed by atoms with E-state index in [2.05, 4.69) is 10.3 Å². The third kappa shape index (κ3) is 4.30. The molecule has 5 rings (SSSR count). The SMILES string of the molecule is COc1cc(Cl)cc2cc(C(=O)C3=C(O)C(=O)N(c4cccc(NC(C)=O)c4)C3c3ccccn3)oc12. The fourth-order valence-corrected chi connectivity index (χ4v) is 4.56. The number of aliphatic hydroxyl groups is 1.